The van der Waals surface area contributed by atoms with Gasteiger partial charge in [0.05, 0.1) is 5.56 Å². The van der Waals surface area contributed by atoms with Crippen molar-refractivity contribution in [3.63, 3.8) is 0 Å². The summed E-state index contributed by atoms with van der Waals surface area (Å²) in [6.07, 6.45) is 3.37. The lowest BCUT2D eigenvalue weighted by atomic mass is 10.2. The van der Waals surface area contributed by atoms with Gasteiger partial charge in [-0.05, 0) is 30.3 Å². The molecule has 2 aromatic rings. The van der Waals surface area contributed by atoms with Gasteiger partial charge in [0.1, 0.15) is 11.6 Å². The zero-order valence-electron chi connectivity index (χ0n) is 13.1. The van der Waals surface area contributed by atoms with E-state index < -0.39 is 0 Å². The first-order valence-corrected chi connectivity index (χ1v) is 7.72. The number of amides is 2. The van der Waals surface area contributed by atoms with Crippen LogP contribution in [0.4, 0.5) is 4.39 Å². The Bertz CT molecular complexity index is 692. The number of ether oxygens (including phenoxy) is 1. The summed E-state index contributed by atoms with van der Waals surface area (Å²) in [4.78, 5) is 30.6. The number of carbonyl (C=O) groups excluding carboxylic acids is 2. The third-order valence-electron chi connectivity index (χ3n) is 3.94. The lowest BCUT2D eigenvalue weighted by Gasteiger charge is -2.34. The molecule has 0 radical (unpaired) electrons. The molecular weight excluding hydrogens is 313 g/mol. The Balaban J connectivity index is 1.46. The van der Waals surface area contributed by atoms with E-state index in [4.69, 9.17) is 4.74 Å². The van der Waals surface area contributed by atoms with Crippen molar-refractivity contribution in [2.24, 2.45) is 0 Å². The molecule has 6 nitrogen and oxygen atoms in total. The highest BCUT2D eigenvalue weighted by Crippen LogP contribution is 2.12. The molecule has 0 aliphatic carbocycles. The van der Waals surface area contributed by atoms with Gasteiger partial charge in [0, 0.05) is 38.6 Å². The van der Waals surface area contributed by atoms with Crippen LogP contribution in [-0.4, -0.2) is 59.4 Å². The van der Waals surface area contributed by atoms with E-state index >= 15 is 0 Å². The third kappa shape index (κ3) is 3.73. The van der Waals surface area contributed by atoms with Gasteiger partial charge >= 0.3 is 0 Å². The number of H-pyrrole nitrogens is 1. The number of benzene rings is 1. The highest BCUT2D eigenvalue weighted by Gasteiger charge is 2.25. The van der Waals surface area contributed by atoms with Gasteiger partial charge in [-0.3, -0.25) is 9.59 Å². The second-order valence-electron chi connectivity index (χ2n) is 5.52. The second kappa shape index (κ2) is 7.16. The molecule has 1 fully saturated rings. The Hall–Kier alpha value is -2.83. The van der Waals surface area contributed by atoms with E-state index in [1.54, 1.807) is 28.3 Å². The highest BCUT2D eigenvalue weighted by atomic mass is 19.1. The monoisotopic (exact) mass is 331 g/mol. The van der Waals surface area contributed by atoms with E-state index in [-0.39, 0.29) is 24.2 Å². The van der Waals surface area contributed by atoms with E-state index in [2.05, 4.69) is 4.98 Å². The van der Waals surface area contributed by atoms with E-state index in [1.165, 1.54) is 24.3 Å². The number of hydrogen-bond donors (Lipinski definition) is 1. The molecule has 1 N–H and O–H groups in total. The van der Waals surface area contributed by atoms with Gasteiger partial charge in [0.15, 0.2) is 6.61 Å². The normalized spacial score (nSPS) is 14.5. The van der Waals surface area contributed by atoms with Crippen LogP contribution in [0.25, 0.3) is 0 Å². The van der Waals surface area contributed by atoms with Crippen LogP contribution in [0.1, 0.15) is 10.4 Å². The fourth-order valence-electron chi connectivity index (χ4n) is 2.57. The van der Waals surface area contributed by atoms with Gasteiger partial charge in [-0.2, -0.15) is 0 Å². The maximum Gasteiger partial charge on any atom is 0.260 e. The Morgan fingerprint density at radius 2 is 1.71 bits per heavy atom. The number of rotatable bonds is 4. The standard InChI is InChI=1S/C17H18FN3O3/c18-14-1-3-15(4-2-14)24-12-16(22)20-7-9-21(10-8-20)17(23)13-5-6-19-11-13/h1-6,11,19H,7-10,12H2. The Morgan fingerprint density at radius 1 is 1.04 bits per heavy atom. The average molecular weight is 331 g/mol. The minimum absolute atomic E-state index is 0.0362. The first kappa shape index (κ1) is 16.0. The van der Waals surface area contributed by atoms with Crippen LogP contribution in [0.2, 0.25) is 0 Å². The number of piperazine rings is 1. The summed E-state index contributed by atoms with van der Waals surface area (Å²) in [6, 6.07) is 7.26. The molecule has 0 atom stereocenters. The molecule has 126 valence electrons. The van der Waals surface area contributed by atoms with E-state index in [0.29, 0.717) is 37.5 Å². The maximum absolute atomic E-state index is 12.8. The molecule has 0 spiro atoms. The summed E-state index contributed by atoms with van der Waals surface area (Å²) in [7, 11) is 0. The van der Waals surface area contributed by atoms with Gasteiger partial charge in [-0.25, -0.2) is 4.39 Å². The number of aromatic nitrogens is 1. The van der Waals surface area contributed by atoms with Crippen LogP contribution in [0.3, 0.4) is 0 Å². The molecule has 1 aliphatic rings. The summed E-state index contributed by atoms with van der Waals surface area (Å²) in [5.41, 5.74) is 0.620. The molecule has 0 unspecified atom stereocenters. The zero-order valence-corrected chi connectivity index (χ0v) is 13.1. The number of aromatic amines is 1. The predicted octanol–water partition coefficient (Wildman–Crippen LogP) is 1.52. The van der Waals surface area contributed by atoms with Crippen molar-refractivity contribution < 1.29 is 18.7 Å². The molecule has 1 aliphatic heterocycles. The molecule has 1 aromatic carbocycles. The number of hydrogen-bond acceptors (Lipinski definition) is 3. The Kier molecular flexibility index (Phi) is 4.79. The lowest BCUT2D eigenvalue weighted by Crippen LogP contribution is -2.51. The summed E-state index contributed by atoms with van der Waals surface area (Å²) in [5, 5.41) is 0. The minimum atomic E-state index is -0.350. The zero-order chi connectivity index (χ0) is 16.9. The third-order valence-corrected chi connectivity index (χ3v) is 3.94. The molecule has 2 heterocycles. The number of nitrogens with zero attached hydrogens (tertiary/aromatic N) is 2. The first-order chi connectivity index (χ1) is 11.6. The summed E-state index contributed by atoms with van der Waals surface area (Å²) >= 11 is 0. The maximum atomic E-state index is 12.8. The van der Waals surface area contributed by atoms with Crippen LogP contribution in [0.5, 0.6) is 5.75 Å². The summed E-state index contributed by atoms with van der Waals surface area (Å²) < 4.78 is 18.2. The van der Waals surface area contributed by atoms with Crippen molar-refractivity contribution in [3.8, 4) is 5.75 Å². The van der Waals surface area contributed by atoms with Crippen molar-refractivity contribution >= 4 is 11.8 Å². The molecule has 0 saturated carbocycles. The molecule has 0 bridgehead atoms. The molecule has 1 aromatic heterocycles. The van der Waals surface area contributed by atoms with E-state index in [9.17, 15) is 14.0 Å². The molecule has 24 heavy (non-hydrogen) atoms. The molecule has 7 heteroatoms. The topological polar surface area (TPSA) is 65.6 Å². The van der Waals surface area contributed by atoms with Crippen LogP contribution in [0.15, 0.2) is 42.7 Å². The Labute approximate surface area is 138 Å². The molecule has 3 rings (SSSR count). The van der Waals surface area contributed by atoms with Crippen LogP contribution in [0, 0.1) is 5.82 Å². The van der Waals surface area contributed by atoms with Gasteiger partial charge in [0.2, 0.25) is 0 Å². The van der Waals surface area contributed by atoms with Gasteiger partial charge in [0.25, 0.3) is 11.8 Å². The first-order valence-electron chi connectivity index (χ1n) is 7.72. The average Bonchev–Trinajstić information content (AvgIpc) is 3.15. The number of nitrogens with one attached hydrogen (secondary N) is 1. The largest absolute Gasteiger partial charge is 0.484 e. The van der Waals surface area contributed by atoms with Gasteiger partial charge in [-0.1, -0.05) is 0 Å². The van der Waals surface area contributed by atoms with Crippen molar-refractivity contribution in [2.45, 2.75) is 0 Å². The summed E-state index contributed by atoms with van der Waals surface area (Å²) in [6.45, 7) is 1.83. The van der Waals surface area contributed by atoms with Gasteiger partial charge in [-0.15, -0.1) is 0 Å². The SMILES string of the molecule is O=C(COc1ccc(F)cc1)N1CCN(C(=O)c2cc[nH]c2)CC1. The van der Waals surface area contributed by atoms with Crippen molar-refractivity contribution in [3.05, 3.63) is 54.1 Å². The number of halogens is 1. The van der Waals surface area contributed by atoms with E-state index in [1.807, 2.05) is 0 Å². The van der Waals surface area contributed by atoms with Crippen LogP contribution in [-0.2, 0) is 4.79 Å². The van der Waals surface area contributed by atoms with Crippen molar-refractivity contribution in [1.29, 1.82) is 0 Å². The van der Waals surface area contributed by atoms with Gasteiger partial charge < -0.3 is 19.5 Å². The molecule has 2 amide bonds. The van der Waals surface area contributed by atoms with Crippen molar-refractivity contribution in [1.82, 2.24) is 14.8 Å². The van der Waals surface area contributed by atoms with E-state index in [0.717, 1.165) is 0 Å². The fraction of sp³-hybridized carbons (Fsp3) is 0.294. The fourth-order valence-corrected chi connectivity index (χ4v) is 2.57. The molecular formula is C17H18FN3O3. The van der Waals surface area contributed by atoms with Crippen molar-refractivity contribution in [2.75, 3.05) is 32.8 Å². The Morgan fingerprint density at radius 3 is 2.33 bits per heavy atom. The van der Waals surface area contributed by atoms with Crippen LogP contribution >= 0.6 is 0 Å². The van der Waals surface area contributed by atoms with Crippen LogP contribution < -0.4 is 4.74 Å². The summed E-state index contributed by atoms with van der Waals surface area (Å²) in [5.74, 6) is -0.0816. The smallest absolute Gasteiger partial charge is 0.260 e. The minimum Gasteiger partial charge on any atom is -0.484 e. The highest BCUT2D eigenvalue weighted by molar-refractivity contribution is 5.94. The lowest BCUT2D eigenvalue weighted by molar-refractivity contribution is -0.134. The molecule has 1 saturated heterocycles. The quantitative estimate of drug-likeness (QED) is 0.924. The second-order valence-corrected chi connectivity index (χ2v) is 5.52. The predicted molar refractivity (Wildman–Crippen MR) is 85.2 cm³/mol. The number of carbonyl (C=O) groups is 2.